The lowest BCUT2D eigenvalue weighted by atomic mass is 9.95. The van der Waals surface area contributed by atoms with Gasteiger partial charge < -0.3 is 10.4 Å². The molecule has 0 saturated carbocycles. The Labute approximate surface area is 188 Å². The largest absolute Gasteiger partial charge is 0.384 e. The number of anilines is 2. The molecule has 1 unspecified atom stereocenters. The van der Waals surface area contributed by atoms with Gasteiger partial charge in [-0.3, -0.25) is 4.79 Å². The van der Waals surface area contributed by atoms with Gasteiger partial charge in [-0.25, -0.2) is 19.3 Å². The van der Waals surface area contributed by atoms with Crippen LogP contribution in [-0.2, 0) is 12.1 Å². The maximum atomic E-state index is 13.2. The Hall–Kier alpha value is -3.49. The lowest BCUT2D eigenvalue weighted by Crippen LogP contribution is -2.24. The first kappa shape index (κ1) is 20.4. The van der Waals surface area contributed by atoms with Crippen molar-refractivity contribution in [2.45, 2.75) is 31.9 Å². The summed E-state index contributed by atoms with van der Waals surface area (Å²) in [7, 11) is 0. The van der Waals surface area contributed by atoms with Gasteiger partial charge in [-0.05, 0) is 56.2 Å². The third kappa shape index (κ3) is 3.68. The van der Waals surface area contributed by atoms with Crippen molar-refractivity contribution >= 4 is 34.3 Å². The molecule has 2 bridgehead atoms. The molecule has 32 heavy (non-hydrogen) atoms. The molecule has 4 heterocycles. The highest BCUT2D eigenvalue weighted by Crippen LogP contribution is 2.27. The summed E-state index contributed by atoms with van der Waals surface area (Å²) in [5.74, 6) is 0.843. The number of rotatable bonds is 2. The molecule has 1 atom stereocenters. The number of nitrogens with zero attached hydrogens (tertiary/aromatic N) is 5. The minimum absolute atomic E-state index is 0.207. The quantitative estimate of drug-likeness (QED) is 0.451. The maximum absolute atomic E-state index is 13.2. The van der Waals surface area contributed by atoms with E-state index in [0.717, 1.165) is 5.69 Å². The SMILES string of the molecule is CC1(O)CC/C=C\Cn2c(=O)c3cnc(Nc4ccc(Cl)cc4)nc3n2-c2cccc1n2. The lowest BCUT2D eigenvalue weighted by molar-refractivity contribution is 0.0443. The molecule has 4 aromatic rings. The van der Waals surface area contributed by atoms with Gasteiger partial charge in [0, 0.05) is 16.9 Å². The van der Waals surface area contributed by atoms with Gasteiger partial charge in [0.2, 0.25) is 5.95 Å². The molecule has 8 nitrogen and oxygen atoms in total. The van der Waals surface area contributed by atoms with Crippen molar-refractivity contribution in [2.24, 2.45) is 0 Å². The molecular weight excluding hydrogens is 428 g/mol. The Morgan fingerprint density at radius 1 is 1.12 bits per heavy atom. The van der Waals surface area contributed by atoms with Crippen LogP contribution >= 0.6 is 11.6 Å². The fourth-order valence-corrected chi connectivity index (χ4v) is 3.90. The normalized spacial score (nSPS) is 19.2. The highest BCUT2D eigenvalue weighted by molar-refractivity contribution is 6.30. The van der Waals surface area contributed by atoms with Gasteiger partial charge in [-0.2, -0.15) is 4.98 Å². The van der Waals surface area contributed by atoms with Crippen molar-refractivity contribution in [2.75, 3.05) is 5.32 Å². The molecular formula is C23H21ClN6O2. The summed E-state index contributed by atoms with van der Waals surface area (Å²) in [6.45, 7) is 2.10. The summed E-state index contributed by atoms with van der Waals surface area (Å²) in [4.78, 5) is 26.8. The van der Waals surface area contributed by atoms with Crippen LogP contribution in [0.4, 0.5) is 11.6 Å². The molecule has 0 amide bonds. The van der Waals surface area contributed by atoms with Gasteiger partial charge in [0.15, 0.2) is 11.5 Å². The molecule has 0 spiro atoms. The zero-order chi connectivity index (χ0) is 22.3. The Bertz CT molecular complexity index is 1390. The number of pyridine rings is 1. The molecule has 0 fully saturated rings. The summed E-state index contributed by atoms with van der Waals surface area (Å²) in [6.07, 6.45) is 6.60. The zero-order valence-electron chi connectivity index (χ0n) is 17.4. The minimum Gasteiger partial charge on any atom is -0.384 e. The van der Waals surface area contributed by atoms with Gasteiger partial charge in [0.05, 0.1) is 12.2 Å². The van der Waals surface area contributed by atoms with Crippen molar-refractivity contribution in [1.82, 2.24) is 24.3 Å². The van der Waals surface area contributed by atoms with Crippen molar-refractivity contribution in [3.05, 3.63) is 81.9 Å². The molecule has 1 aliphatic heterocycles. The van der Waals surface area contributed by atoms with Crippen molar-refractivity contribution in [1.29, 1.82) is 0 Å². The molecule has 5 rings (SSSR count). The van der Waals surface area contributed by atoms with E-state index in [1.54, 1.807) is 40.6 Å². The molecule has 1 aromatic carbocycles. The number of hydrogen-bond acceptors (Lipinski definition) is 6. The first-order chi connectivity index (χ1) is 15.4. The molecule has 162 valence electrons. The van der Waals surface area contributed by atoms with Crippen LogP contribution in [-0.4, -0.2) is 29.4 Å². The third-order valence-corrected chi connectivity index (χ3v) is 5.77. The van der Waals surface area contributed by atoms with Crippen LogP contribution in [0, 0.1) is 0 Å². The molecule has 0 radical (unpaired) electrons. The van der Waals surface area contributed by atoms with E-state index in [-0.39, 0.29) is 5.56 Å². The molecule has 3 aromatic heterocycles. The van der Waals surface area contributed by atoms with Crippen molar-refractivity contribution in [3.63, 3.8) is 0 Å². The average Bonchev–Trinajstić information content (AvgIpc) is 3.05. The smallest absolute Gasteiger partial charge is 0.278 e. The maximum Gasteiger partial charge on any atom is 0.278 e. The Kier molecular flexibility index (Phi) is 5.03. The topological polar surface area (TPSA) is 97.9 Å². The highest BCUT2D eigenvalue weighted by Gasteiger charge is 2.26. The van der Waals surface area contributed by atoms with E-state index < -0.39 is 5.60 Å². The second kappa shape index (κ2) is 7.89. The number of aliphatic hydroxyl groups is 1. The van der Waals surface area contributed by atoms with E-state index in [2.05, 4.69) is 20.3 Å². The number of nitrogens with one attached hydrogen (secondary N) is 1. The monoisotopic (exact) mass is 448 g/mol. The van der Waals surface area contributed by atoms with Gasteiger partial charge in [0.1, 0.15) is 11.0 Å². The van der Waals surface area contributed by atoms with Crippen molar-refractivity contribution < 1.29 is 5.11 Å². The van der Waals surface area contributed by atoms with Crippen molar-refractivity contribution in [3.8, 4) is 5.82 Å². The lowest BCUT2D eigenvalue weighted by Gasteiger charge is -2.22. The number of allylic oxidation sites excluding steroid dienone is 2. The van der Waals surface area contributed by atoms with E-state index in [1.807, 2.05) is 30.4 Å². The van der Waals surface area contributed by atoms with E-state index in [1.165, 1.54) is 6.20 Å². The molecule has 0 aliphatic carbocycles. The summed E-state index contributed by atoms with van der Waals surface area (Å²) in [5, 5.41) is 15.1. The van der Waals surface area contributed by atoms with Gasteiger partial charge in [0.25, 0.3) is 5.56 Å². The Morgan fingerprint density at radius 2 is 1.94 bits per heavy atom. The van der Waals surface area contributed by atoms with Gasteiger partial charge in [-0.15, -0.1) is 0 Å². The highest BCUT2D eigenvalue weighted by atomic mass is 35.5. The molecule has 2 N–H and O–H groups in total. The van der Waals surface area contributed by atoms with E-state index in [4.69, 9.17) is 11.6 Å². The predicted octanol–water partition coefficient (Wildman–Crippen LogP) is 3.93. The molecule has 1 aliphatic rings. The number of hydrogen-bond donors (Lipinski definition) is 2. The fraction of sp³-hybridized carbons (Fsp3) is 0.217. The number of aromatic nitrogens is 5. The summed E-state index contributed by atoms with van der Waals surface area (Å²) >= 11 is 5.96. The Morgan fingerprint density at radius 3 is 2.75 bits per heavy atom. The van der Waals surface area contributed by atoms with Crippen LogP contribution in [0.2, 0.25) is 5.02 Å². The van der Waals surface area contributed by atoms with E-state index in [0.29, 0.717) is 52.9 Å². The van der Waals surface area contributed by atoms with E-state index in [9.17, 15) is 9.90 Å². The van der Waals surface area contributed by atoms with Crippen LogP contribution in [0.3, 0.4) is 0 Å². The molecule has 9 heteroatoms. The van der Waals surface area contributed by atoms with Gasteiger partial charge in [-0.1, -0.05) is 29.8 Å². The van der Waals surface area contributed by atoms with Crippen LogP contribution in [0.25, 0.3) is 16.9 Å². The first-order valence-electron chi connectivity index (χ1n) is 10.3. The minimum atomic E-state index is -1.09. The van der Waals surface area contributed by atoms with Crippen LogP contribution in [0.1, 0.15) is 25.5 Å². The van der Waals surface area contributed by atoms with Crippen LogP contribution in [0.5, 0.6) is 0 Å². The average molecular weight is 449 g/mol. The summed E-state index contributed by atoms with van der Waals surface area (Å²) in [5.41, 5.74) is 0.445. The Balaban J connectivity index is 1.70. The standard InChI is InChI=1S/C23H21ClN6O2/c1-23(32)12-3-2-4-13-29-21(31)17-14-25-22(26-16-10-8-15(24)9-11-16)28-20(17)30(29)19-7-5-6-18(23)27-19/h2,4-11,14,32H,3,12-13H2,1H3,(H,25,26,28)/b4-2-. The number of fused-ring (bicyclic) bond motifs is 6. The summed E-state index contributed by atoms with van der Waals surface area (Å²) in [6, 6.07) is 12.6. The summed E-state index contributed by atoms with van der Waals surface area (Å²) < 4.78 is 3.26. The molecule has 0 saturated heterocycles. The second-order valence-corrected chi connectivity index (χ2v) is 8.36. The van der Waals surface area contributed by atoms with E-state index >= 15 is 0 Å². The number of benzene rings is 1. The number of halogens is 1. The third-order valence-electron chi connectivity index (χ3n) is 5.52. The van der Waals surface area contributed by atoms with Gasteiger partial charge >= 0.3 is 0 Å². The first-order valence-corrected chi connectivity index (χ1v) is 10.7. The fourth-order valence-electron chi connectivity index (χ4n) is 3.77. The van der Waals surface area contributed by atoms with Crippen LogP contribution < -0.4 is 10.9 Å². The van der Waals surface area contributed by atoms with Crippen LogP contribution in [0.15, 0.2) is 65.6 Å². The zero-order valence-corrected chi connectivity index (χ0v) is 18.1. The predicted molar refractivity (Wildman–Crippen MR) is 124 cm³/mol. The second-order valence-electron chi connectivity index (χ2n) is 7.93.